The molecule has 0 aliphatic carbocycles. The largest absolute Gasteiger partial charge is 0.493 e. The Kier molecular flexibility index (Phi) is 11.7. The summed E-state index contributed by atoms with van der Waals surface area (Å²) in [6.07, 6.45) is 1.32. The van der Waals surface area contributed by atoms with Gasteiger partial charge in [0.2, 0.25) is 11.7 Å². The van der Waals surface area contributed by atoms with Crippen molar-refractivity contribution >= 4 is 55.9 Å². The number of amides is 2. The topological polar surface area (TPSA) is 125 Å². The average Bonchev–Trinajstić information content (AvgIpc) is 3.05. The summed E-state index contributed by atoms with van der Waals surface area (Å²) in [5.41, 5.74) is 4.51. The van der Waals surface area contributed by atoms with Crippen molar-refractivity contribution in [2.24, 2.45) is 5.10 Å². The van der Waals surface area contributed by atoms with Gasteiger partial charge >= 0.3 is 5.97 Å². The molecule has 232 valence electrons. The average molecular weight is 739 g/mol. The molecule has 0 heterocycles. The van der Waals surface area contributed by atoms with E-state index >= 15 is 0 Å². The van der Waals surface area contributed by atoms with Gasteiger partial charge in [0.05, 0.1) is 50.0 Å². The molecule has 4 aromatic rings. The number of esters is 1. The summed E-state index contributed by atoms with van der Waals surface area (Å²) in [5, 5.41) is 6.71. The number of carbonyl (C=O) groups is 3. The Morgan fingerprint density at radius 3 is 1.91 bits per heavy atom. The van der Waals surface area contributed by atoms with E-state index in [1.807, 2.05) is 60.7 Å². The minimum Gasteiger partial charge on any atom is -0.493 e. The minimum atomic E-state index is -0.704. The van der Waals surface area contributed by atoms with E-state index in [0.717, 1.165) is 11.1 Å². The Hall–Kier alpha value is -4.68. The van der Waals surface area contributed by atoms with Gasteiger partial charge in [-0.3, -0.25) is 9.59 Å². The van der Waals surface area contributed by atoms with Gasteiger partial charge in [-0.25, -0.2) is 10.2 Å². The summed E-state index contributed by atoms with van der Waals surface area (Å²) in [6, 6.07) is 24.9. The molecular weight excluding hydrogens is 710 g/mol. The van der Waals surface area contributed by atoms with Crippen LogP contribution in [-0.4, -0.2) is 51.9 Å². The maximum absolute atomic E-state index is 13.2. The smallest absolute Gasteiger partial charge is 0.343 e. The number of benzene rings is 4. The van der Waals surface area contributed by atoms with Crippen LogP contribution in [0, 0.1) is 0 Å². The maximum atomic E-state index is 13.2. The predicted molar refractivity (Wildman–Crippen MR) is 176 cm³/mol. The van der Waals surface area contributed by atoms with Crippen molar-refractivity contribution in [1.29, 1.82) is 0 Å². The van der Waals surface area contributed by atoms with E-state index in [2.05, 4.69) is 47.7 Å². The van der Waals surface area contributed by atoms with Crippen molar-refractivity contribution < 1.29 is 33.3 Å². The van der Waals surface area contributed by atoms with E-state index in [0.29, 0.717) is 20.3 Å². The quantitative estimate of drug-likeness (QED) is 0.0809. The zero-order chi connectivity index (χ0) is 32.3. The van der Waals surface area contributed by atoms with Crippen molar-refractivity contribution in [1.82, 2.24) is 10.7 Å². The molecule has 10 nitrogen and oxygen atoms in total. The molecule has 4 rings (SSSR count). The number of hydrazone groups is 1. The number of nitrogens with one attached hydrogen (secondary N) is 2. The zero-order valence-electron chi connectivity index (χ0n) is 24.5. The van der Waals surface area contributed by atoms with Crippen LogP contribution in [0.3, 0.4) is 0 Å². The van der Waals surface area contributed by atoms with Gasteiger partial charge in [-0.1, -0.05) is 76.6 Å². The Morgan fingerprint density at radius 1 is 0.800 bits per heavy atom. The third kappa shape index (κ3) is 8.49. The molecule has 0 spiro atoms. The Morgan fingerprint density at radius 2 is 1.38 bits per heavy atom. The summed E-state index contributed by atoms with van der Waals surface area (Å²) in [5.74, 6) is -1.12. The molecule has 12 heteroatoms. The number of hydrogen-bond acceptors (Lipinski definition) is 8. The van der Waals surface area contributed by atoms with Gasteiger partial charge in [-0.2, -0.15) is 5.10 Å². The van der Waals surface area contributed by atoms with Gasteiger partial charge < -0.3 is 24.3 Å². The molecule has 0 aliphatic heterocycles. The van der Waals surface area contributed by atoms with E-state index in [1.54, 1.807) is 12.1 Å². The van der Waals surface area contributed by atoms with Crippen LogP contribution in [0.4, 0.5) is 0 Å². The lowest BCUT2D eigenvalue weighted by Crippen LogP contribution is -2.37. The number of hydrogen-bond donors (Lipinski definition) is 2. The molecule has 0 fully saturated rings. The fraction of sp³-hybridized carbons (Fsp3) is 0.152. The fourth-order valence-electron chi connectivity index (χ4n) is 4.40. The zero-order valence-corrected chi connectivity index (χ0v) is 27.7. The highest BCUT2D eigenvalue weighted by Gasteiger charge is 2.23. The first kappa shape index (κ1) is 33.2. The summed E-state index contributed by atoms with van der Waals surface area (Å²) >= 11 is 6.83. The molecule has 0 saturated heterocycles. The second kappa shape index (κ2) is 15.9. The number of carbonyl (C=O) groups excluding carboxylic acids is 3. The van der Waals surface area contributed by atoms with Gasteiger partial charge in [0, 0.05) is 10.0 Å². The van der Waals surface area contributed by atoms with Crippen LogP contribution in [0.1, 0.15) is 33.0 Å². The molecule has 45 heavy (non-hydrogen) atoms. The molecule has 0 aromatic heterocycles. The molecule has 0 bridgehead atoms. The van der Waals surface area contributed by atoms with E-state index in [1.165, 1.54) is 39.7 Å². The van der Waals surface area contributed by atoms with Gasteiger partial charge in [0.25, 0.3) is 5.91 Å². The van der Waals surface area contributed by atoms with Gasteiger partial charge in [-0.05, 0) is 51.3 Å². The third-order valence-electron chi connectivity index (χ3n) is 6.48. The highest BCUT2D eigenvalue weighted by molar-refractivity contribution is 9.11. The van der Waals surface area contributed by atoms with Crippen molar-refractivity contribution in [3.8, 4) is 23.0 Å². The molecular formula is C33H29Br2N3O7. The van der Waals surface area contributed by atoms with Crippen LogP contribution in [0.25, 0.3) is 0 Å². The Bertz CT molecular complexity index is 1640. The van der Waals surface area contributed by atoms with E-state index in [-0.39, 0.29) is 35.3 Å². The summed E-state index contributed by atoms with van der Waals surface area (Å²) in [7, 11) is 4.34. The first-order valence-corrected chi connectivity index (χ1v) is 15.0. The van der Waals surface area contributed by atoms with Crippen LogP contribution in [0.2, 0.25) is 0 Å². The van der Waals surface area contributed by atoms with Crippen molar-refractivity contribution in [2.75, 3.05) is 27.9 Å². The van der Waals surface area contributed by atoms with Gasteiger partial charge in [0.1, 0.15) is 0 Å². The van der Waals surface area contributed by atoms with Crippen LogP contribution in [0.15, 0.2) is 99.0 Å². The van der Waals surface area contributed by atoms with E-state index in [4.69, 9.17) is 18.9 Å². The second-order valence-electron chi connectivity index (χ2n) is 9.37. The van der Waals surface area contributed by atoms with Crippen LogP contribution in [-0.2, 0) is 9.59 Å². The molecule has 0 unspecified atom stereocenters. The molecule has 0 atom stereocenters. The highest BCUT2D eigenvalue weighted by Crippen LogP contribution is 2.39. The SMILES string of the molecule is COc1cc(C(=O)Oc2c(Br)cc(Br)cc2/C=N\NC(=O)CNC(=O)C(c2ccccc2)c2ccccc2)cc(OC)c1OC. The lowest BCUT2D eigenvalue weighted by atomic mass is 9.90. The van der Waals surface area contributed by atoms with Gasteiger partial charge in [0.15, 0.2) is 17.2 Å². The monoisotopic (exact) mass is 737 g/mol. The van der Waals surface area contributed by atoms with Crippen molar-refractivity contribution in [3.05, 3.63) is 116 Å². The lowest BCUT2D eigenvalue weighted by molar-refractivity contribution is -0.126. The van der Waals surface area contributed by atoms with E-state index in [9.17, 15) is 14.4 Å². The number of methoxy groups -OCH3 is 3. The summed E-state index contributed by atoms with van der Waals surface area (Å²) in [4.78, 5) is 39.0. The number of halogens is 2. The summed E-state index contributed by atoms with van der Waals surface area (Å²) < 4.78 is 22.8. The first-order valence-electron chi connectivity index (χ1n) is 13.5. The van der Waals surface area contributed by atoms with Crippen molar-refractivity contribution in [3.63, 3.8) is 0 Å². The Labute approximate surface area is 277 Å². The molecule has 4 aromatic carbocycles. The van der Waals surface area contributed by atoms with Gasteiger partial charge in [-0.15, -0.1) is 0 Å². The number of rotatable bonds is 12. The number of nitrogens with zero attached hydrogens (tertiary/aromatic N) is 1. The molecule has 0 radical (unpaired) electrons. The number of ether oxygens (including phenoxy) is 4. The molecule has 0 saturated carbocycles. The molecule has 0 aliphatic rings. The standard InChI is InChI=1S/C33H29Br2N3O7/c1-42-26-15-22(16-27(43-2)31(26)44-3)33(41)45-30-23(14-24(34)17-25(30)35)18-37-38-28(39)19-36-32(40)29(20-10-6-4-7-11-20)21-12-8-5-9-13-21/h4-18,29H,19H2,1-3H3,(H,36,40)(H,38,39)/b37-18-. The van der Waals surface area contributed by atoms with Crippen LogP contribution in [0.5, 0.6) is 23.0 Å². The normalized spacial score (nSPS) is 10.8. The molecule has 2 amide bonds. The minimum absolute atomic E-state index is 0.149. The van der Waals surface area contributed by atoms with Crippen LogP contribution >= 0.6 is 31.9 Å². The Balaban J connectivity index is 1.45. The third-order valence-corrected chi connectivity index (χ3v) is 7.52. The van der Waals surface area contributed by atoms with Crippen molar-refractivity contribution in [2.45, 2.75) is 5.92 Å². The molecule has 2 N–H and O–H groups in total. The highest BCUT2D eigenvalue weighted by atomic mass is 79.9. The fourth-order valence-corrected chi connectivity index (χ4v) is 5.74. The second-order valence-corrected chi connectivity index (χ2v) is 11.1. The van der Waals surface area contributed by atoms with Crippen LogP contribution < -0.4 is 29.7 Å². The first-order chi connectivity index (χ1) is 21.7. The van der Waals surface area contributed by atoms with E-state index < -0.39 is 17.8 Å². The summed E-state index contributed by atoms with van der Waals surface area (Å²) in [6.45, 7) is -0.308. The maximum Gasteiger partial charge on any atom is 0.343 e. The predicted octanol–water partition coefficient (Wildman–Crippen LogP) is 5.86. The lowest BCUT2D eigenvalue weighted by Gasteiger charge is -2.17.